The van der Waals surface area contributed by atoms with Crippen LogP contribution >= 0.6 is 0 Å². The number of hydrogen-bond acceptors (Lipinski definition) is 4. The Morgan fingerprint density at radius 2 is 1.20 bits per heavy atom. The molecule has 0 saturated carbocycles. The Bertz CT molecular complexity index is 1340. The smallest absolute Gasteiger partial charge is 0.247 e. The number of methoxy groups -OCH3 is 2. The molecule has 6 nitrogen and oxygen atoms in total. The second-order valence-electron chi connectivity index (χ2n) is 9.56. The first-order valence-electron chi connectivity index (χ1n) is 13.5. The van der Waals surface area contributed by atoms with Crippen LogP contribution in [-0.4, -0.2) is 37.5 Å². The van der Waals surface area contributed by atoms with Gasteiger partial charge in [0.2, 0.25) is 11.8 Å². The Balaban J connectivity index is 1.57. The van der Waals surface area contributed by atoms with Gasteiger partial charge in [-0.3, -0.25) is 9.59 Å². The molecular formula is C34H36N2O4. The molecule has 0 saturated heterocycles. The molecule has 0 heterocycles. The van der Waals surface area contributed by atoms with Crippen LogP contribution in [0, 0.1) is 0 Å². The quantitative estimate of drug-likeness (QED) is 0.236. The molecule has 0 aliphatic rings. The van der Waals surface area contributed by atoms with Gasteiger partial charge in [-0.25, -0.2) is 0 Å². The van der Waals surface area contributed by atoms with E-state index in [2.05, 4.69) is 5.32 Å². The fourth-order valence-electron chi connectivity index (χ4n) is 4.62. The van der Waals surface area contributed by atoms with Gasteiger partial charge in [0.05, 0.1) is 14.2 Å². The fourth-order valence-corrected chi connectivity index (χ4v) is 4.62. The normalized spacial score (nSPS) is 11.3. The van der Waals surface area contributed by atoms with Crippen LogP contribution in [0.15, 0.2) is 109 Å². The van der Waals surface area contributed by atoms with Crippen LogP contribution in [0.5, 0.6) is 11.5 Å². The zero-order valence-corrected chi connectivity index (χ0v) is 23.1. The summed E-state index contributed by atoms with van der Waals surface area (Å²) in [6, 6.07) is 34.1. The molecule has 206 valence electrons. The number of rotatable bonds is 13. The first-order chi connectivity index (χ1) is 19.6. The van der Waals surface area contributed by atoms with E-state index >= 15 is 0 Å². The van der Waals surface area contributed by atoms with Gasteiger partial charge in [-0.15, -0.1) is 0 Å². The summed E-state index contributed by atoms with van der Waals surface area (Å²) in [7, 11) is 3.26. The van der Waals surface area contributed by atoms with Crippen LogP contribution in [0.3, 0.4) is 0 Å². The molecule has 0 radical (unpaired) electrons. The fraction of sp³-hybridized carbons (Fsp3) is 0.235. The largest absolute Gasteiger partial charge is 0.497 e. The van der Waals surface area contributed by atoms with Gasteiger partial charge in [0.1, 0.15) is 17.5 Å². The van der Waals surface area contributed by atoms with Crippen molar-refractivity contribution < 1.29 is 19.1 Å². The van der Waals surface area contributed by atoms with E-state index in [0.717, 1.165) is 33.8 Å². The Labute approximate surface area is 236 Å². The van der Waals surface area contributed by atoms with Crippen molar-refractivity contribution in [3.8, 4) is 11.5 Å². The molecule has 0 fully saturated rings. The Hall–Kier alpha value is -4.58. The third kappa shape index (κ3) is 7.96. The van der Waals surface area contributed by atoms with E-state index in [1.165, 1.54) is 0 Å². The van der Waals surface area contributed by atoms with Crippen molar-refractivity contribution in [1.29, 1.82) is 0 Å². The molecule has 4 rings (SSSR count). The van der Waals surface area contributed by atoms with Gasteiger partial charge in [0.15, 0.2) is 0 Å². The molecule has 4 aromatic carbocycles. The van der Waals surface area contributed by atoms with E-state index in [1.54, 1.807) is 19.1 Å². The maximum atomic E-state index is 13.8. The number of carbonyl (C=O) groups is 2. The number of nitrogens with one attached hydrogen (secondary N) is 1. The van der Waals surface area contributed by atoms with Crippen molar-refractivity contribution in [3.63, 3.8) is 0 Å². The van der Waals surface area contributed by atoms with Crippen LogP contribution in [0.25, 0.3) is 0 Å². The van der Waals surface area contributed by atoms with Crippen molar-refractivity contribution in [3.05, 3.63) is 131 Å². The lowest BCUT2D eigenvalue weighted by molar-refractivity contribution is -0.141. The third-order valence-electron chi connectivity index (χ3n) is 6.85. The summed E-state index contributed by atoms with van der Waals surface area (Å²) < 4.78 is 10.5. The van der Waals surface area contributed by atoms with Crippen molar-refractivity contribution >= 4 is 11.8 Å². The number of amides is 2. The SMILES string of the molecule is COc1ccc(CCNC(=O)[C@H](c2ccccc2)N(Cc2ccc(OC)cc2)C(=O)CCc2ccccc2)cc1. The third-order valence-corrected chi connectivity index (χ3v) is 6.85. The van der Waals surface area contributed by atoms with E-state index in [-0.39, 0.29) is 11.8 Å². The number of hydrogen-bond donors (Lipinski definition) is 1. The Kier molecular flexibility index (Phi) is 10.3. The minimum absolute atomic E-state index is 0.0844. The molecule has 0 spiro atoms. The number of carbonyl (C=O) groups excluding carboxylic acids is 2. The van der Waals surface area contributed by atoms with Gasteiger partial charge < -0.3 is 19.7 Å². The average molecular weight is 537 g/mol. The van der Waals surface area contributed by atoms with Crippen LogP contribution < -0.4 is 14.8 Å². The van der Waals surface area contributed by atoms with Crippen molar-refractivity contribution in [2.24, 2.45) is 0 Å². The van der Waals surface area contributed by atoms with Gasteiger partial charge in [-0.2, -0.15) is 0 Å². The molecule has 1 N–H and O–H groups in total. The van der Waals surface area contributed by atoms with Crippen LogP contribution in [-0.2, 0) is 29.0 Å². The van der Waals surface area contributed by atoms with E-state index in [0.29, 0.717) is 32.4 Å². The summed E-state index contributed by atoms with van der Waals surface area (Å²) >= 11 is 0. The molecule has 1 atom stereocenters. The topological polar surface area (TPSA) is 67.9 Å². The zero-order chi connectivity index (χ0) is 28.2. The van der Waals surface area contributed by atoms with Gasteiger partial charge in [-0.05, 0) is 59.4 Å². The lowest BCUT2D eigenvalue weighted by atomic mass is 10.0. The molecule has 0 unspecified atom stereocenters. The minimum atomic E-state index is -0.776. The highest BCUT2D eigenvalue weighted by Gasteiger charge is 2.31. The van der Waals surface area contributed by atoms with E-state index in [4.69, 9.17) is 9.47 Å². The summed E-state index contributed by atoms with van der Waals surface area (Å²) in [4.78, 5) is 29.3. The molecule has 0 aromatic heterocycles. The van der Waals surface area contributed by atoms with Gasteiger partial charge in [0, 0.05) is 19.5 Å². The molecule has 0 aliphatic heterocycles. The van der Waals surface area contributed by atoms with Gasteiger partial charge >= 0.3 is 0 Å². The van der Waals surface area contributed by atoms with Crippen LogP contribution in [0.2, 0.25) is 0 Å². The van der Waals surface area contributed by atoms with Crippen molar-refractivity contribution in [2.45, 2.75) is 31.8 Å². The summed E-state index contributed by atoms with van der Waals surface area (Å²) in [6.45, 7) is 0.742. The monoisotopic (exact) mass is 536 g/mol. The highest BCUT2D eigenvalue weighted by atomic mass is 16.5. The predicted octanol–water partition coefficient (Wildman–Crippen LogP) is 5.77. The van der Waals surface area contributed by atoms with Crippen LogP contribution in [0.4, 0.5) is 0 Å². The molecule has 0 aliphatic carbocycles. The Morgan fingerprint density at radius 3 is 1.77 bits per heavy atom. The Morgan fingerprint density at radius 1 is 0.675 bits per heavy atom. The second kappa shape index (κ2) is 14.5. The predicted molar refractivity (Wildman–Crippen MR) is 157 cm³/mol. The first kappa shape index (κ1) is 28.4. The highest BCUT2D eigenvalue weighted by Crippen LogP contribution is 2.26. The molecule has 6 heteroatoms. The number of aryl methyl sites for hydroxylation is 1. The van der Waals surface area contributed by atoms with E-state index in [9.17, 15) is 9.59 Å². The molecule has 0 bridgehead atoms. The van der Waals surface area contributed by atoms with Gasteiger partial charge in [0.25, 0.3) is 0 Å². The first-order valence-corrected chi connectivity index (χ1v) is 13.5. The van der Waals surface area contributed by atoms with Gasteiger partial charge in [-0.1, -0.05) is 84.9 Å². The van der Waals surface area contributed by atoms with Crippen molar-refractivity contribution in [1.82, 2.24) is 10.2 Å². The number of nitrogens with zero attached hydrogens (tertiary/aromatic N) is 1. The summed E-state index contributed by atoms with van der Waals surface area (Å²) in [6.07, 6.45) is 1.56. The van der Waals surface area contributed by atoms with E-state index in [1.807, 2.05) is 109 Å². The standard InChI is InChI=1S/C34H36N2O4/c1-39-30-18-13-27(14-19-30)23-24-35-34(38)33(29-11-7-4-8-12-29)36(25-28-15-20-31(40-2)21-16-28)32(37)22-17-26-9-5-3-6-10-26/h3-16,18-21,33H,17,22-25H2,1-2H3,(H,35,38)/t33-/m0/s1. The maximum Gasteiger partial charge on any atom is 0.247 e. The van der Waals surface area contributed by atoms with Crippen LogP contribution in [0.1, 0.15) is 34.7 Å². The minimum Gasteiger partial charge on any atom is -0.497 e. The van der Waals surface area contributed by atoms with E-state index < -0.39 is 6.04 Å². The number of benzene rings is 4. The lowest BCUT2D eigenvalue weighted by Crippen LogP contribution is -2.44. The molecular weight excluding hydrogens is 500 g/mol. The summed E-state index contributed by atoms with van der Waals surface area (Å²) in [5, 5.41) is 3.09. The lowest BCUT2D eigenvalue weighted by Gasteiger charge is -2.32. The summed E-state index contributed by atoms with van der Waals surface area (Å²) in [5.74, 6) is 1.24. The molecule has 40 heavy (non-hydrogen) atoms. The second-order valence-corrected chi connectivity index (χ2v) is 9.56. The maximum absolute atomic E-state index is 13.8. The average Bonchev–Trinajstić information content (AvgIpc) is 3.01. The highest BCUT2D eigenvalue weighted by molar-refractivity contribution is 5.88. The number of ether oxygens (including phenoxy) is 2. The summed E-state index contributed by atoms with van der Waals surface area (Å²) in [5.41, 5.74) is 3.86. The molecule has 4 aromatic rings. The molecule has 2 amide bonds. The van der Waals surface area contributed by atoms with Crippen molar-refractivity contribution in [2.75, 3.05) is 20.8 Å². The zero-order valence-electron chi connectivity index (χ0n) is 23.1.